The maximum Gasteiger partial charge on any atom is 0.232 e. The zero-order valence-corrected chi connectivity index (χ0v) is 11.7. The number of piperidine rings is 1. The lowest BCUT2D eigenvalue weighted by atomic mass is 9.76. The van der Waals surface area contributed by atoms with Gasteiger partial charge in [-0.15, -0.1) is 0 Å². The van der Waals surface area contributed by atoms with E-state index in [0.717, 1.165) is 70.1 Å². The molecule has 0 unspecified atom stereocenters. The van der Waals surface area contributed by atoms with Crippen LogP contribution in [0.15, 0.2) is 4.52 Å². The summed E-state index contributed by atoms with van der Waals surface area (Å²) in [7, 11) is 0. The molecule has 5 nitrogen and oxygen atoms in total. The Morgan fingerprint density at radius 2 is 2.00 bits per heavy atom. The van der Waals surface area contributed by atoms with Crippen LogP contribution in [0.2, 0.25) is 0 Å². The van der Waals surface area contributed by atoms with E-state index < -0.39 is 0 Å². The average molecular weight is 265 g/mol. The largest absolute Gasteiger partial charge is 0.381 e. The molecule has 0 aliphatic carbocycles. The number of ether oxygens (including phenoxy) is 1. The molecule has 0 amide bonds. The molecule has 0 spiro atoms. The quantitative estimate of drug-likeness (QED) is 0.905. The van der Waals surface area contributed by atoms with Gasteiger partial charge in [0, 0.05) is 19.1 Å². The monoisotopic (exact) mass is 265 g/mol. The zero-order chi connectivity index (χ0) is 13.1. The van der Waals surface area contributed by atoms with E-state index in [1.807, 2.05) is 0 Å². The molecule has 1 aromatic rings. The molecule has 0 saturated carbocycles. The van der Waals surface area contributed by atoms with Crippen LogP contribution >= 0.6 is 0 Å². The van der Waals surface area contributed by atoms with Crippen molar-refractivity contribution in [1.29, 1.82) is 0 Å². The summed E-state index contributed by atoms with van der Waals surface area (Å²) in [6, 6.07) is 0. The first-order valence-electron chi connectivity index (χ1n) is 7.46. The van der Waals surface area contributed by atoms with E-state index in [1.54, 1.807) is 0 Å². The summed E-state index contributed by atoms with van der Waals surface area (Å²) in [5, 5.41) is 7.65. The number of nitrogens with zero attached hydrogens (tertiary/aromatic N) is 2. The highest BCUT2D eigenvalue weighted by Gasteiger charge is 2.38. The molecule has 0 radical (unpaired) electrons. The van der Waals surface area contributed by atoms with Gasteiger partial charge < -0.3 is 14.6 Å². The second kappa shape index (κ2) is 5.59. The minimum atomic E-state index is 0.0989. The Bertz CT molecular complexity index is 407. The summed E-state index contributed by atoms with van der Waals surface area (Å²) in [5.41, 5.74) is 0.0989. The van der Waals surface area contributed by atoms with Gasteiger partial charge >= 0.3 is 0 Å². The van der Waals surface area contributed by atoms with Gasteiger partial charge in [0.05, 0.1) is 5.41 Å². The van der Waals surface area contributed by atoms with E-state index in [-0.39, 0.29) is 5.41 Å². The molecule has 2 aliphatic heterocycles. The van der Waals surface area contributed by atoms with Crippen LogP contribution in [0.25, 0.3) is 0 Å². The second-order valence-electron chi connectivity index (χ2n) is 5.73. The van der Waals surface area contributed by atoms with Gasteiger partial charge in [0.15, 0.2) is 5.82 Å². The summed E-state index contributed by atoms with van der Waals surface area (Å²) >= 11 is 0. The van der Waals surface area contributed by atoms with Gasteiger partial charge in [0.1, 0.15) is 0 Å². The van der Waals surface area contributed by atoms with E-state index in [1.165, 1.54) is 0 Å². The smallest absolute Gasteiger partial charge is 0.232 e. The van der Waals surface area contributed by atoms with Crippen molar-refractivity contribution in [3.63, 3.8) is 0 Å². The van der Waals surface area contributed by atoms with Gasteiger partial charge in [-0.05, 0) is 45.2 Å². The molecule has 0 aromatic carbocycles. The third-order valence-electron chi connectivity index (χ3n) is 4.72. The van der Waals surface area contributed by atoms with Crippen molar-refractivity contribution in [2.75, 3.05) is 26.3 Å². The summed E-state index contributed by atoms with van der Waals surface area (Å²) in [6.45, 7) is 5.95. The topological polar surface area (TPSA) is 60.2 Å². The standard InChI is InChI=1S/C14H23N3O2/c1-2-14(5-7-15-8-6-14)13-16-12(17-19-13)11-3-9-18-10-4-11/h11,15H,2-10H2,1H3. The summed E-state index contributed by atoms with van der Waals surface area (Å²) in [6.07, 6.45) is 5.29. The van der Waals surface area contributed by atoms with Gasteiger partial charge in [-0.1, -0.05) is 12.1 Å². The van der Waals surface area contributed by atoms with Gasteiger partial charge in [-0.25, -0.2) is 0 Å². The lowest BCUT2D eigenvalue weighted by Gasteiger charge is -2.33. The maximum atomic E-state index is 5.62. The van der Waals surface area contributed by atoms with Crippen LogP contribution in [-0.2, 0) is 10.2 Å². The van der Waals surface area contributed by atoms with E-state index in [0.29, 0.717) is 5.92 Å². The highest BCUT2D eigenvalue weighted by Crippen LogP contribution is 2.36. The number of nitrogens with one attached hydrogen (secondary N) is 1. The molecular formula is C14H23N3O2. The maximum absolute atomic E-state index is 5.62. The first kappa shape index (κ1) is 13.1. The first-order chi connectivity index (χ1) is 9.34. The summed E-state index contributed by atoms with van der Waals surface area (Å²) in [4.78, 5) is 4.74. The Hall–Kier alpha value is -0.940. The van der Waals surface area contributed by atoms with Crippen LogP contribution in [-0.4, -0.2) is 36.4 Å². The SMILES string of the molecule is CCC1(c2nc(C3CCOCC3)no2)CCNCC1. The summed E-state index contributed by atoms with van der Waals surface area (Å²) < 4.78 is 11.0. The molecule has 5 heteroatoms. The zero-order valence-electron chi connectivity index (χ0n) is 11.7. The van der Waals surface area contributed by atoms with Gasteiger partial charge in [-0.2, -0.15) is 4.98 Å². The van der Waals surface area contributed by atoms with Crippen molar-refractivity contribution in [2.24, 2.45) is 0 Å². The molecule has 2 saturated heterocycles. The van der Waals surface area contributed by atoms with Crippen molar-refractivity contribution < 1.29 is 9.26 Å². The van der Waals surface area contributed by atoms with Crippen LogP contribution in [0.5, 0.6) is 0 Å². The van der Waals surface area contributed by atoms with Gasteiger partial charge in [0.25, 0.3) is 0 Å². The van der Waals surface area contributed by atoms with Crippen molar-refractivity contribution in [3.05, 3.63) is 11.7 Å². The van der Waals surface area contributed by atoms with Crippen molar-refractivity contribution >= 4 is 0 Å². The minimum absolute atomic E-state index is 0.0989. The molecule has 3 heterocycles. The molecule has 106 valence electrons. The van der Waals surface area contributed by atoms with Crippen LogP contribution in [0, 0.1) is 0 Å². The number of hydrogen-bond donors (Lipinski definition) is 1. The predicted molar refractivity (Wildman–Crippen MR) is 71.2 cm³/mol. The average Bonchev–Trinajstić information content (AvgIpc) is 2.99. The number of hydrogen-bond acceptors (Lipinski definition) is 5. The molecule has 0 atom stereocenters. The lowest BCUT2D eigenvalue weighted by molar-refractivity contribution is 0.0830. The Kier molecular flexibility index (Phi) is 3.84. The van der Waals surface area contributed by atoms with E-state index in [4.69, 9.17) is 14.2 Å². The third kappa shape index (κ3) is 2.54. The Morgan fingerprint density at radius 1 is 1.26 bits per heavy atom. The van der Waals surface area contributed by atoms with Gasteiger partial charge in [-0.3, -0.25) is 0 Å². The Balaban J connectivity index is 1.79. The highest BCUT2D eigenvalue weighted by molar-refractivity contribution is 5.09. The van der Waals surface area contributed by atoms with E-state index >= 15 is 0 Å². The fourth-order valence-electron chi connectivity index (χ4n) is 3.20. The lowest BCUT2D eigenvalue weighted by Crippen LogP contribution is -2.39. The predicted octanol–water partition coefficient (Wildman–Crippen LogP) is 1.99. The molecule has 2 fully saturated rings. The van der Waals surface area contributed by atoms with Crippen molar-refractivity contribution in [3.8, 4) is 0 Å². The van der Waals surface area contributed by atoms with Crippen LogP contribution < -0.4 is 5.32 Å². The van der Waals surface area contributed by atoms with Crippen LogP contribution in [0.3, 0.4) is 0 Å². The Labute approximate surface area is 114 Å². The van der Waals surface area contributed by atoms with Crippen molar-refractivity contribution in [2.45, 2.75) is 50.4 Å². The minimum Gasteiger partial charge on any atom is -0.381 e. The fraction of sp³-hybridized carbons (Fsp3) is 0.857. The first-order valence-corrected chi connectivity index (χ1v) is 7.46. The summed E-state index contributed by atoms with van der Waals surface area (Å²) in [5.74, 6) is 2.17. The van der Waals surface area contributed by atoms with E-state index in [9.17, 15) is 0 Å². The third-order valence-corrected chi connectivity index (χ3v) is 4.72. The second-order valence-corrected chi connectivity index (χ2v) is 5.73. The van der Waals surface area contributed by atoms with E-state index in [2.05, 4.69) is 17.4 Å². The molecule has 1 N–H and O–H groups in total. The molecule has 2 aliphatic rings. The molecule has 0 bridgehead atoms. The molecule has 3 rings (SSSR count). The highest BCUT2D eigenvalue weighted by atomic mass is 16.5. The number of rotatable bonds is 3. The van der Waals surface area contributed by atoms with Crippen molar-refractivity contribution in [1.82, 2.24) is 15.5 Å². The van der Waals surface area contributed by atoms with Crippen LogP contribution in [0.4, 0.5) is 0 Å². The molecule has 19 heavy (non-hydrogen) atoms. The Morgan fingerprint density at radius 3 is 2.68 bits per heavy atom. The fourth-order valence-corrected chi connectivity index (χ4v) is 3.20. The van der Waals surface area contributed by atoms with Crippen LogP contribution in [0.1, 0.15) is 56.7 Å². The molecule has 1 aromatic heterocycles. The normalized spacial score (nSPS) is 24.5. The molecular weight excluding hydrogens is 242 g/mol. The number of aromatic nitrogens is 2. The van der Waals surface area contributed by atoms with Gasteiger partial charge in [0.2, 0.25) is 5.89 Å².